The van der Waals surface area contributed by atoms with Gasteiger partial charge in [-0.2, -0.15) is 13.8 Å². The van der Waals surface area contributed by atoms with Gasteiger partial charge in [0.05, 0.1) is 12.1 Å². The number of nitrogens with zero attached hydrogens (tertiary/aromatic N) is 1. The lowest BCUT2D eigenvalue weighted by Gasteiger charge is -2.21. The molecule has 3 nitrogen and oxygen atoms in total. The van der Waals surface area contributed by atoms with E-state index >= 15 is 0 Å². The molecule has 72 valence electrons. The average molecular weight is 188 g/mol. The van der Waals surface area contributed by atoms with Gasteiger partial charge in [-0.05, 0) is 19.1 Å². The third-order valence-corrected chi connectivity index (χ3v) is 1.76. The van der Waals surface area contributed by atoms with Gasteiger partial charge >= 0.3 is 0 Å². The van der Waals surface area contributed by atoms with E-state index in [1.54, 1.807) is 0 Å². The van der Waals surface area contributed by atoms with Crippen LogP contribution in [0.3, 0.4) is 0 Å². The minimum absolute atomic E-state index is 0.00333. The van der Waals surface area contributed by atoms with Gasteiger partial charge in [-0.25, -0.2) is 0 Å². The van der Waals surface area contributed by atoms with E-state index in [0.29, 0.717) is 0 Å². The molecule has 1 heterocycles. The molecule has 0 aliphatic rings. The van der Waals surface area contributed by atoms with Gasteiger partial charge in [0.1, 0.15) is 0 Å². The number of aromatic nitrogens is 1. The monoisotopic (exact) mass is 188 g/mol. The lowest BCUT2D eigenvalue weighted by Crippen LogP contribution is -2.38. The summed E-state index contributed by atoms with van der Waals surface area (Å²) in [5.74, 6) is -1.89. The molecule has 0 aliphatic heterocycles. The van der Waals surface area contributed by atoms with Crippen LogP contribution in [0.5, 0.6) is 0 Å². The van der Waals surface area contributed by atoms with E-state index in [2.05, 4.69) is 4.98 Å². The summed E-state index contributed by atoms with van der Waals surface area (Å²) in [5.41, 5.74) is 4.30. The highest BCUT2D eigenvalue weighted by atomic mass is 19.1. The zero-order valence-electron chi connectivity index (χ0n) is 7.09. The van der Waals surface area contributed by atoms with Gasteiger partial charge in [0.2, 0.25) is 11.9 Å². The number of nitrogens with two attached hydrogens (primary N) is 1. The first-order valence-electron chi connectivity index (χ1n) is 3.69. The summed E-state index contributed by atoms with van der Waals surface area (Å²) < 4.78 is 25.4. The SMILES string of the molecule is C[C@@](N)(CO)c1ccc(F)nc1F. The van der Waals surface area contributed by atoms with E-state index in [4.69, 9.17) is 10.8 Å². The summed E-state index contributed by atoms with van der Waals surface area (Å²) in [5, 5.41) is 8.83. The molecule has 1 rings (SSSR count). The van der Waals surface area contributed by atoms with Crippen LogP contribution in [0.1, 0.15) is 12.5 Å². The predicted molar refractivity (Wildman–Crippen MR) is 42.8 cm³/mol. The van der Waals surface area contributed by atoms with Gasteiger partial charge < -0.3 is 10.8 Å². The van der Waals surface area contributed by atoms with Crippen LogP contribution in [-0.2, 0) is 5.54 Å². The van der Waals surface area contributed by atoms with Crippen LogP contribution < -0.4 is 5.73 Å². The molecule has 0 spiro atoms. The molecule has 0 radical (unpaired) electrons. The Morgan fingerprint density at radius 2 is 2.15 bits per heavy atom. The fourth-order valence-corrected chi connectivity index (χ4v) is 0.923. The third-order valence-electron chi connectivity index (χ3n) is 1.76. The van der Waals surface area contributed by atoms with Gasteiger partial charge in [-0.1, -0.05) is 0 Å². The lowest BCUT2D eigenvalue weighted by atomic mass is 9.96. The van der Waals surface area contributed by atoms with Crippen molar-refractivity contribution in [3.05, 3.63) is 29.6 Å². The second-order valence-corrected chi connectivity index (χ2v) is 3.05. The zero-order chi connectivity index (χ0) is 10.1. The van der Waals surface area contributed by atoms with Gasteiger partial charge in [-0.3, -0.25) is 0 Å². The first-order chi connectivity index (χ1) is 5.97. The maximum atomic E-state index is 13.0. The van der Waals surface area contributed by atoms with Crippen LogP contribution in [0.4, 0.5) is 8.78 Å². The highest BCUT2D eigenvalue weighted by Crippen LogP contribution is 2.19. The topological polar surface area (TPSA) is 59.1 Å². The number of halogens is 2. The molecule has 0 aromatic carbocycles. The highest BCUT2D eigenvalue weighted by Gasteiger charge is 2.24. The average Bonchev–Trinajstić information content (AvgIpc) is 2.03. The molecular weight excluding hydrogens is 178 g/mol. The number of pyridine rings is 1. The quantitative estimate of drug-likeness (QED) is 0.665. The number of hydrogen-bond donors (Lipinski definition) is 2. The largest absolute Gasteiger partial charge is 0.394 e. The van der Waals surface area contributed by atoms with Crippen molar-refractivity contribution in [2.75, 3.05) is 6.61 Å². The fraction of sp³-hybridized carbons (Fsp3) is 0.375. The molecule has 0 unspecified atom stereocenters. The number of aliphatic hydroxyl groups is 1. The Morgan fingerprint density at radius 3 is 2.62 bits per heavy atom. The van der Waals surface area contributed by atoms with Crippen molar-refractivity contribution in [2.45, 2.75) is 12.5 Å². The summed E-state index contributed by atoms with van der Waals surface area (Å²) in [6, 6.07) is 2.17. The van der Waals surface area contributed by atoms with Crippen LogP contribution in [0.25, 0.3) is 0 Å². The minimum atomic E-state index is -1.23. The molecule has 1 aromatic heterocycles. The fourth-order valence-electron chi connectivity index (χ4n) is 0.923. The van der Waals surface area contributed by atoms with Crippen LogP contribution in [0, 0.1) is 11.9 Å². The molecule has 3 N–H and O–H groups in total. The zero-order valence-corrected chi connectivity index (χ0v) is 7.09. The molecule has 0 saturated carbocycles. The second kappa shape index (κ2) is 3.35. The van der Waals surface area contributed by atoms with E-state index in [9.17, 15) is 8.78 Å². The predicted octanol–water partition coefficient (Wildman–Crippen LogP) is 0.526. The summed E-state index contributed by atoms with van der Waals surface area (Å²) in [4.78, 5) is 2.96. The number of hydrogen-bond acceptors (Lipinski definition) is 3. The highest BCUT2D eigenvalue weighted by molar-refractivity contribution is 5.20. The second-order valence-electron chi connectivity index (χ2n) is 3.05. The van der Waals surface area contributed by atoms with E-state index in [1.165, 1.54) is 13.0 Å². The van der Waals surface area contributed by atoms with Crippen LogP contribution in [0.2, 0.25) is 0 Å². The molecule has 0 fully saturated rings. The molecule has 0 aliphatic carbocycles. The van der Waals surface area contributed by atoms with Crippen molar-refractivity contribution in [3.63, 3.8) is 0 Å². The molecule has 0 amide bonds. The lowest BCUT2D eigenvalue weighted by molar-refractivity contribution is 0.205. The number of rotatable bonds is 2. The molecule has 0 saturated heterocycles. The molecule has 5 heteroatoms. The molecule has 1 aromatic rings. The van der Waals surface area contributed by atoms with Crippen molar-refractivity contribution >= 4 is 0 Å². The van der Waals surface area contributed by atoms with Crippen LogP contribution in [0.15, 0.2) is 12.1 Å². The summed E-state index contributed by atoms with van der Waals surface area (Å²) in [7, 11) is 0. The van der Waals surface area contributed by atoms with Crippen LogP contribution in [-0.4, -0.2) is 16.7 Å². The van der Waals surface area contributed by atoms with Crippen molar-refractivity contribution in [3.8, 4) is 0 Å². The van der Waals surface area contributed by atoms with E-state index in [0.717, 1.165) is 6.07 Å². The smallest absolute Gasteiger partial charge is 0.220 e. The maximum Gasteiger partial charge on any atom is 0.220 e. The van der Waals surface area contributed by atoms with E-state index < -0.39 is 24.0 Å². The Hall–Kier alpha value is -1.07. The Balaban J connectivity index is 3.16. The van der Waals surface area contributed by atoms with Gasteiger partial charge in [0.25, 0.3) is 0 Å². The molecule has 0 bridgehead atoms. The van der Waals surface area contributed by atoms with Crippen molar-refractivity contribution in [1.82, 2.24) is 4.98 Å². The van der Waals surface area contributed by atoms with Crippen molar-refractivity contribution in [1.29, 1.82) is 0 Å². The Kier molecular flexibility index (Phi) is 2.58. The Labute approximate surface area is 74.2 Å². The molecule has 1 atom stereocenters. The normalized spacial score (nSPS) is 15.5. The minimum Gasteiger partial charge on any atom is -0.394 e. The van der Waals surface area contributed by atoms with Gasteiger partial charge in [0.15, 0.2) is 0 Å². The van der Waals surface area contributed by atoms with Gasteiger partial charge in [-0.15, -0.1) is 0 Å². The summed E-state index contributed by atoms with van der Waals surface area (Å²) in [6.45, 7) is 1.00. The molecular formula is C8H10F2N2O. The van der Waals surface area contributed by atoms with Crippen molar-refractivity contribution < 1.29 is 13.9 Å². The number of aliphatic hydroxyl groups excluding tert-OH is 1. The maximum absolute atomic E-state index is 13.0. The molecule has 13 heavy (non-hydrogen) atoms. The van der Waals surface area contributed by atoms with E-state index in [-0.39, 0.29) is 5.56 Å². The first-order valence-corrected chi connectivity index (χ1v) is 3.69. The van der Waals surface area contributed by atoms with E-state index in [1.807, 2.05) is 0 Å². The standard InChI is InChI=1S/C8H10F2N2O/c1-8(11,4-13)5-2-3-6(9)12-7(5)10/h2-3,13H,4,11H2,1H3/t8-/m1/s1. The Morgan fingerprint density at radius 1 is 1.54 bits per heavy atom. The van der Waals surface area contributed by atoms with Gasteiger partial charge in [0, 0.05) is 5.56 Å². The van der Waals surface area contributed by atoms with Crippen LogP contribution >= 0.6 is 0 Å². The summed E-state index contributed by atoms with van der Waals surface area (Å²) >= 11 is 0. The van der Waals surface area contributed by atoms with Crippen molar-refractivity contribution in [2.24, 2.45) is 5.73 Å². The summed E-state index contributed by atoms with van der Waals surface area (Å²) in [6.07, 6.45) is 0. The third kappa shape index (κ3) is 1.99. The Bertz CT molecular complexity index is 315. The first kappa shape index (κ1) is 10.0.